The summed E-state index contributed by atoms with van der Waals surface area (Å²) in [6.45, 7) is 3.77. The van der Waals surface area contributed by atoms with Gasteiger partial charge in [-0.15, -0.1) is 11.3 Å². The molecule has 1 aromatic carbocycles. The fourth-order valence-corrected chi connectivity index (χ4v) is 3.41. The Balaban J connectivity index is 2.18. The van der Waals surface area contributed by atoms with Crippen molar-refractivity contribution in [2.75, 3.05) is 0 Å². The van der Waals surface area contributed by atoms with E-state index in [1.54, 1.807) is 30.4 Å². The van der Waals surface area contributed by atoms with E-state index in [9.17, 15) is 8.42 Å². The van der Waals surface area contributed by atoms with Crippen LogP contribution in [0.25, 0.3) is 0 Å². The summed E-state index contributed by atoms with van der Waals surface area (Å²) in [5, 5.41) is 3.96. The van der Waals surface area contributed by atoms with Gasteiger partial charge in [0.1, 0.15) is 0 Å². The van der Waals surface area contributed by atoms with E-state index in [0.29, 0.717) is 5.71 Å². The molecule has 106 valence electrons. The standard InChI is InChI=1S/C13H13BrN2O2S2/c1-9-3-8-13(19-9)10(2)15-16-20(17,18)12-6-4-11(14)5-7-12/h3-8,16H,1-2H3/b15-10+. The van der Waals surface area contributed by atoms with Gasteiger partial charge in [0.15, 0.2) is 0 Å². The lowest BCUT2D eigenvalue weighted by atomic mass is 10.3. The average Bonchev–Trinajstić information content (AvgIpc) is 2.83. The smallest absolute Gasteiger partial charge is 0.200 e. The molecule has 0 saturated heterocycles. The van der Waals surface area contributed by atoms with E-state index in [1.807, 2.05) is 19.1 Å². The Morgan fingerprint density at radius 2 is 1.85 bits per heavy atom. The van der Waals surface area contributed by atoms with Crippen LogP contribution in [0.2, 0.25) is 0 Å². The molecule has 4 nitrogen and oxygen atoms in total. The summed E-state index contributed by atoms with van der Waals surface area (Å²) in [6, 6.07) is 10.3. The lowest BCUT2D eigenvalue weighted by Gasteiger charge is -2.04. The molecule has 2 aromatic rings. The first-order chi connectivity index (χ1) is 9.38. The number of benzene rings is 1. The largest absolute Gasteiger partial charge is 0.276 e. The topological polar surface area (TPSA) is 58.5 Å². The molecule has 1 aromatic heterocycles. The molecule has 0 aliphatic carbocycles. The number of hydrazone groups is 1. The van der Waals surface area contributed by atoms with E-state index in [2.05, 4.69) is 25.9 Å². The summed E-state index contributed by atoms with van der Waals surface area (Å²) in [4.78, 5) is 4.54. The van der Waals surface area contributed by atoms with E-state index < -0.39 is 10.0 Å². The van der Waals surface area contributed by atoms with Crippen molar-refractivity contribution < 1.29 is 8.42 Å². The van der Waals surface area contributed by atoms with Crippen molar-refractivity contribution in [1.29, 1.82) is 0 Å². The van der Waals surface area contributed by atoms with E-state index in [0.717, 1.165) is 14.2 Å². The normalized spacial score (nSPS) is 12.4. The van der Waals surface area contributed by atoms with E-state index in [1.165, 1.54) is 12.1 Å². The molecule has 2 rings (SSSR count). The van der Waals surface area contributed by atoms with Crippen LogP contribution in [0.3, 0.4) is 0 Å². The number of rotatable bonds is 4. The first-order valence-corrected chi connectivity index (χ1v) is 8.86. The summed E-state index contributed by atoms with van der Waals surface area (Å²) in [5.74, 6) is 0. The van der Waals surface area contributed by atoms with Gasteiger partial charge in [-0.1, -0.05) is 15.9 Å². The number of sulfonamides is 1. The van der Waals surface area contributed by atoms with Gasteiger partial charge in [0.05, 0.1) is 15.5 Å². The second-order valence-electron chi connectivity index (χ2n) is 4.16. The van der Waals surface area contributed by atoms with Crippen molar-refractivity contribution >= 4 is 43.0 Å². The minimum Gasteiger partial charge on any atom is -0.200 e. The van der Waals surface area contributed by atoms with Crippen molar-refractivity contribution in [3.63, 3.8) is 0 Å². The first kappa shape index (κ1) is 15.2. The predicted molar refractivity (Wildman–Crippen MR) is 85.7 cm³/mol. The predicted octanol–water partition coefficient (Wildman–Crippen LogP) is 3.52. The number of thiophene rings is 1. The van der Waals surface area contributed by atoms with E-state index in [4.69, 9.17) is 0 Å². The van der Waals surface area contributed by atoms with Crippen molar-refractivity contribution in [3.05, 3.63) is 50.6 Å². The summed E-state index contributed by atoms with van der Waals surface area (Å²) in [5.41, 5.74) is 0.642. The van der Waals surface area contributed by atoms with Gasteiger partial charge in [-0.25, -0.2) is 0 Å². The maximum atomic E-state index is 12.1. The van der Waals surface area contributed by atoms with Crippen LogP contribution >= 0.6 is 27.3 Å². The Bertz CT molecular complexity index is 734. The third-order valence-electron chi connectivity index (χ3n) is 2.55. The maximum absolute atomic E-state index is 12.1. The minimum atomic E-state index is -3.63. The van der Waals surface area contributed by atoms with Gasteiger partial charge in [0.2, 0.25) is 0 Å². The number of hydrogen-bond acceptors (Lipinski definition) is 4. The molecule has 0 radical (unpaired) electrons. The van der Waals surface area contributed by atoms with E-state index in [-0.39, 0.29) is 4.90 Å². The molecule has 0 bridgehead atoms. The van der Waals surface area contributed by atoms with Gasteiger partial charge < -0.3 is 0 Å². The molecule has 0 aliphatic heterocycles. The Hall–Kier alpha value is -1.18. The van der Waals surface area contributed by atoms with E-state index >= 15 is 0 Å². The van der Waals surface area contributed by atoms with Gasteiger partial charge in [-0.2, -0.15) is 18.4 Å². The van der Waals surface area contributed by atoms with Gasteiger partial charge >= 0.3 is 0 Å². The molecule has 1 N–H and O–H groups in total. The van der Waals surface area contributed by atoms with Crippen LogP contribution in [0.1, 0.15) is 16.7 Å². The van der Waals surface area contributed by atoms with Gasteiger partial charge in [-0.05, 0) is 50.2 Å². The quantitative estimate of drug-likeness (QED) is 0.659. The highest BCUT2D eigenvalue weighted by Gasteiger charge is 2.12. The Kier molecular flexibility index (Phi) is 4.62. The lowest BCUT2D eigenvalue weighted by molar-refractivity contribution is 0.584. The molecule has 0 spiro atoms. The van der Waals surface area contributed by atoms with Crippen LogP contribution in [0.15, 0.2) is 50.9 Å². The van der Waals surface area contributed by atoms with Crippen LogP contribution in [0.4, 0.5) is 0 Å². The molecule has 1 heterocycles. The number of halogens is 1. The van der Waals surface area contributed by atoms with Crippen LogP contribution in [-0.2, 0) is 10.0 Å². The molecule has 0 saturated carbocycles. The second-order valence-corrected chi connectivity index (χ2v) is 8.02. The van der Waals surface area contributed by atoms with Crippen molar-refractivity contribution in [2.45, 2.75) is 18.7 Å². The van der Waals surface area contributed by atoms with Crippen LogP contribution in [0.5, 0.6) is 0 Å². The maximum Gasteiger partial charge on any atom is 0.276 e. The number of aryl methyl sites for hydroxylation is 1. The Morgan fingerprint density at radius 1 is 1.20 bits per heavy atom. The molecule has 20 heavy (non-hydrogen) atoms. The van der Waals surface area contributed by atoms with Crippen LogP contribution < -0.4 is 4.83 Å². The average molecular weight is 373 g/mol. The molecular formula is C13H13BrN2O2S2. The van der Waals surface area contributed by atoms with Gasteiger partial charge in [0, 0.05) is 9.35 Å². The molecule has 0 aliphatic rings. The summed E-state index contributed by atoms with van der Waals surface area (Å²) < 4.78 is 24.9. The number of nitrogens with one attached hydrogen (secondary N) is 1. The molecule has 0 fully saturated rings. The fraction of sp³-hybridized carbons (Fsp3) is 0.154. The summed E-state index contributed by atoms with van der Waals surface area (Å²) in [7, 11) is -3.63. The zero-order valence-electron chi connectivity index (χ0n) is 10.9. The Morgan fingerprint density at radius 3 is 2.40 bits per heavy atom. The number of hydrogen-bond donors (Lipinski definition) is 1. The van der Waals surface area contributed by atoms with Gasteiger partial charge in [0.25, 0.3) is 10.0 Å². The van der Waals surface area contributed by atoms with Gasteiger partial charge in [-0.3, -0.25) is 0 Å². The van der Waals surface area contributed by atoms with Crippen LogP contribution in [-0.4, -0.2) is 14.1 Å². The highest BCUT2D eigenvalue weighted by Crippen LogP contribution is 2.17. The zero-order chi connectivity index (χ0) is 14.8. The van der Waals surface area contributed by atoms with Crippen LogP contribution in [0, 0.1) is 6.92 Å². The lowest BCUT2D eigenvalue weighted by Crippen LogP contribution is -2.19. The van der Waals surface area contributed by atoms with Crippen molar-refractivity contribution in [3.8, 4) is 0 Å². The molecule has 0 amide bonds. The summed E-state index contributed by atoms with van der Waals surface area (Å²) >= 11 is 4.84. The van der Waals surface area contributed by atoms with Crippen molar-refractivity contribution in [2.24, 2.45) is 5.10 Å². The fourth-order valence-electron chi connectivity index (χ4n) is 1.48. The highest BCUT2D eigenvalue weighted by atomic mass is 79.9. The first-order valence-electron chi connectivity index (χ1n) is 5.77. The third kappa shape index (κ3) is 3.68. The highest BCUT2D eigenvalue weighted by molar-refractivity contribution is 9.10. The molecule has 0 unspecified atom stereocenters. The SMILES string of the molecule is C/C(=N\NS(=O)(=O)c1ccc(Br)cc1)c1ccc(C)s1. The third-order valence-corrected chi connectivity index (χ3v) is 5.42. The van der Waals surface area contributed by atoms with Crippen molar-refractivity contribution in [1.82, 2.24) is 4.83 Å². The molecular weight excluding hydrogens is 360 g/mol. The monoisotopic (exact) mass is 372 g/mol. The zero-order valence-corrected chi connectivity index (χ0v) is 14.1. The summed E-state index contributed by atoms with van der Waals surface area (Å²) in [6.07, 6.45) is 0. The molecule has 0 atom stereocenters. The second kappa shape index (κ2) is 6.07. The number of nitrogens with zero attached hydrogens (tertiary/aromatic N) is 1. The molecule has 7 heteroatoms. The Labute approximate surface area is 130 Å². The minimum absolute atomic E-state index is 0.180.